The minimum atomic E-state index is -0.381. The van der Waals surface area contributed by atoms with Crippen LogP contribution in [0.3, 0.4) is 0 Å². The van der Waals surface area contributed by atoms with Crippen LogP contribution in [-0.4, -0.2) is 11.8 Å². The molecule has 14 heavy (non-hydrogen) atoms. The van der Waals surface area contributed by atoms with Crippen LogP contribution in [0.4, 0.5) is 0 Å². The highest BCUT2D eigenvalue weighted by Crippen LogP contribution is 2.13. The van der Waals surface area contributed by atoms with Gasteiger partial charge in [0.1, 0.15) is 6.07 Å². The lowest BCUT2D eigenvalue weighted by Gasteiger charge is -1.97. The van der Waals surface area contributed by atoms with E-state index in [1.54, 1.807) is 0 Å². The molecule has 0 amide bonds. The van der Waals surface area contributed by atoms with E-state index in [9.17, 15) is 0 Å². The van der Waals surface area contributed by atoms with Crippen molar-refractivity contribution >= 4 is 5.71 Å². The fourth-order valence-corrected chi connectivity index (χ4v) is 1.43. The smallest absolute Gasteiger partial charge is 0.217 e. The number of nitrogens with zero attached hydrogens (tertiary/aromatic N) is 2. The molecule has 1 aromatic rings. The van der Waals surface area contributed by atoms with Gasteiger partial charge in [0.05, 0.1) is 5.71 Å². The molecule has 0 bridgehead atoms. The van der Waals surface area contributed by atoms with Gasteiger partial charge in [-0.3, -0.25) is 0 Å². The largest absolute Gasteiger partial charge is 0.377 e. The molecule has 0 aliphatic carbocycles. The van der Waals surface area contributed by atoms with Crippen molar-refractivity contribution in [3.63, 3.8) is 0 Å². The summed E-state index contributed by atoms with van der Waals surface area (Å²) in [5, 5.41) is 12.5. The van der Waals surface area contributed by atoms with E-state index >= 15 is 0 Å². The molecule has 70 valence electrons. The Kier molecular flexibility index (Phi) is 2.46. The first kappa shape index (κ1) is 8.76. The van der Waals surface area contributed by atoms with E-state index in [0.29, 0.717) is 6.42 Å². The van der Waals surface area contributed by atoms with Crippen molar-refractivity contribution in [2.24, 2.45) is 5.16 Å². The monoisotopic (exact) mass is 186 g/mol. The van der Waals surface area contributed by atoms with Crippen LogP contribution < -0.4 is 0 Å². The first-order chi connectivity index (χ1) is 6.88. The number of oxime groups is 1. The third-order valence-corrected chi connectivity index (χ3v) is 2.13. The highest BCUT2D eigenvalue weighted by Gasteiger charge is 2.19. The zero-order valence-corrected chi connectivity index (χ0v) is 7.68. The van der Waals surface area contributed by atoms with Gasteiger partial charge < -0.3 is 4.84 Å². The zero-order valence-electron chi connectivity index (χ0n) is 7.68. The molecule has 0 spiro atoms. The summed E-state index contributed by atoms with van der Waals surface area (Å²) >= 11 is 0. The van der Waals surface area contributed by atoms with Gasteiger partial charge in [0.15, 0.2) is 0 Å². The van der Waals surface area contributed by atoms with Gasteiger partial charge >= 0.3 is 0 Å². The lowest BCUT2D eigenvalue weighted by Crippen LogP contribution is -2.06. The molecule has 3 heteroatoms. The molecule has 1 heterocycles. The SMILES string of the molecule is N#C[C@@H]1CC(Cc2ccccc2)=NO1. The predicted molar refractivity (Wildman–Crippen MR) is 52.7 cm³/mol. The highest BCUT2D eigenvalue weighted by atomic mass is 16.6. The van der Waals surface area contributed by atoms with Crippen LogP contribution in [0.2, 0.25) is 0 Å². The summed E-state index contributed by atoms with van der Waals surface area (Å²) in [6.45, 7) is 0. The van der Waals surface area contributed by atoms with Crippen LogP contribution in [-0.2, 0) is 11.3 Å². The average Bonchev–Trinajstić information content (AvgIpc) is 2.67. The van der Waals surface area contributed by atoms with Crippen molar-refractivity contribution in [3.8, 4) is 6.07 Å². The van der Waals surface area contributed by atoms with Crippen LogP contribution in [0.15, 0.2) is 35.5 Å². The maximum atomic E-state index is 8.60. The van der Waals surface area contributed by atoms with Gasteiger partial charge in [-0.15, -0.1) is 0 Å². The Balaban J connectivity index is 1.98. The Bertz CT molecular complexity index is 378. The first-order valence-corrected chi connectivity index (χ1v) is 4.53. The summed E-state index contributed by atoms with van der Waals surface area (Å²) in [5.74, 6) is 0. The topological polar surface area (TPSA) is 45.4 Å². The van der Waals surface area contributed by atoms with Crippen LogP contribution >= 0.6 is 0 Å². The van der Waals surface area contributed by atoms with Crippen LogP contribution in [0.1, 0.15) is 12.0 Å². The van der Waals surface area contributed by atoms with Gasteiger partial charge in [0.2, 0.25) is 6.10 Å². The zero-order chi connectivity index (χ0) is 9.80. The Labute approximate surface area is 82.6 Å². The number of nitriles is 1. The van der Waals surface area contributed by atoms with E-state index in [-0.39, 0.29) is 6.10 Å². The maximum absolute atomic E-state index is 8.60. The summed E-state index contributed by atoms with van der Waals surface area (Å²) in [7, 11) is 0. The number of hydrogen-bond donors (Lipinski definition) is 0. The average molecular weight is 186 g/mol. The van der Waals surface area contributed by atoms with E-state index in [2.05, 4.69) is 5.16 Å². The Morgan fingerprint density at radius 3 is 2.86 bits per heavy atom. The molecule has 0 unspecified atom stereocenters. The van der Waals surface area contributed by atoms with E-state index in [0.717, 1.165) is 12.1 Å². The van der Waals surface area contributed by atoms with Gasteiger partial charge in [-0.05, 0) is 5.56 Å². The highest BCUT2D eigenvalue weighted by molar-refractivity contribution is 5.87. The van der Waals surface area contributed by atoms with Crippen molar-refractivity contribution in [2.75, 3.05) is 0 Å². The first-order valence-electron chi connectivity index (χ1n) is 4.53. The molecule has 0 radical (unpaired) electrons. The van der Waals surface area contributed by atoms with Gasteiger partial charge in [0.25, 0.3) is 0 Å². The molecular weight excluding hydrogens is 176 g/mol. The molecule has 0 fully saturated rings. The van der Waals surface area contributed by atoms with Gasteiger partial charge in [0, 0.05) is 12.8 Å². The second-order valence-electron chi connectivity index (χ2n) is 3.25. The predicted octanol–water partition coefficient (Wildman–Crippen LogP) is 1.90. The van der Waals surface area contributed by atoms with Crippen LogP contribution in [0, 0.1) is 11.3 Å². The molecule has 0 N–H and O–H groups in total. The second-order valence-corrected chi connectivity index (χ2v) is 3.25. The quantitative estimate of drug-likeness (QED) is 0.708. The van der Waals surface area contributed by atoms with E-state index in [1.807, 2.05) is 36.4 Å². The number of hydrogen-bond acceptors (Lipinski definition) is 3. The van der Waals surface area contributed by atoms with Crippen molar-refractivity contribution in [1.29, 1.82) is 5.26 Å². The molecule has 3 nitrogen and oxygen atoms in total. The molecule has 0 aromatic heterocycles. The van der Waals surface area contributed by atoms with E-state index in [4.69, 9.17) is 10.1 Å². The number of benzene rings is 1. The summed E-state index contributed by atoms with van der Waals surface area (Å²) in [5.41, 5.74) is 2.15. The minimum absolute atomic E-state index is 0.381. The van der Waals surface area contributed by atoms with Gasteiger partial charge in [-0.25, -0.2) is 0 Å². The van der Waals surface area contributed by atoms with E-state index in [1.165, 1.54) is 5.56 Å². The standard InChI is InChI=1S/C11H10N2O/c12-8-11-7-10(13-14-11)6-9-4-2-1-3-5-9/h1-5,11H,6-7H2/t11-/m0/s1. The van der Waals surface area contributed by atoms with Crippen molar-refractivity contribution in [3.05, 3.63) is 35.9 Å². The Morgan fingerprint density at radius 2 is 2.21 bits per heavy atom. The molecule has 1 atom stereocenters. The molecule has 0 saturated carbocycles. The van der Waals surface area contributed by atoms with Gasteiger partial charge in [-0.1, -0.05) is 35.5 Å². The summed E-state index contributed by atoms with van der Waals surface area (Å²) in [6.07, 6.45) is 1.03. The Hall–Kier alpha value is -1.82. The fourth-order valence-electron chi connectivity index (χ4n) is 1.43. The lowest BCUT2D eigenvalue weighted by atomic mass is 10.1. The third kappa shape index (κ3) is 1.91. The van der Waals surface area contributed by atoms with Crippen molar-refractivity contribution in [2.45, 2.75) is 18.9 Å². The molecule has 1 aliphatic heterocycles. The normalized spacial score (nSPS) is 19.6. The van der Waals surface area contributed by atoms with Crippen LogP contribution in [0.25, 0.3) is 0 Å². The molecule has 0 saturated heterocycles. The molecule has 1 aromatic carbocycles. The van der Waals surface area contributed by atoms with Gasteiger partial charge in [-0.2, -0.15) is 5.26 Å². The molecule has 2 rings (SSSR count). The van der Waals surface area contributed by atoms with Crippen molar-refractivity contribution < 1.29 is 4.84 Å². The minimum Gasteiger partial charge on any atom is -0.377 e. The maximum Gasteiger partial charge on any atom is 0.217 e. The van der Waals surface area contributed by atoms with Crippen LogP contribution in [0.5, 0.6) is 0 Å². The number of rotatable bonds is 2. The summed E-state index contributed by atoms with van der Waals surface area (Å²) < 4.78 is 0. The molecular formula is C11H10N2O. The van der Waals surface area contributed by atoms with Crippen molar-refractivity contribution in [1.82, 2.24) is 0 Å². The lowest BCUT2D eigenvalue weighted by molar-refractivity contribution is 0.125. The third-order valence-electron chi connectivity index (χ3n) is 2.13. The fraction of sp³-hybridized carbons (Fsp3) is 0.273. The molecule has 1 aliphatic rings. The summed E-state index contributed by atoms with van der Waals surface area (Å²) in [4.78, 5) is 4.91. The summed E-state index contributed by atoms with van der Waals surface area (Å²) in [6, 6.07) is 12.1. The Morgan fingerprint density at radius 1 is 1.43 bits per heavy atom. The van der Waals surface area contributed by atoms with E-state index < -0.39 is 0 Å². The second kappa shape index (κ2) is 3.93.